The Morgan fingerprint density at radius 3 is 2.68 bits per heavy atom. The molecule has 1 heterocycles. The summed E-state index contributed by atoms with van der Waals surface area (Å²) in [5.74, 6) is 0.748. The molecule has 2 bridgehead atoms. The number of alkyl halides is 1. The van der Waals surface area contributed by atoms with Gasteiger partial charge in [-0.2, -0.15) is 0 Å². The van der Waals surface area contributed by atoms with E-state index in [-0.39, 0.29) is 0 Å². The van der Waals surface area contributed by atoms with E-state index >= 15 is 0 Å². The highest BCUT2D eigenvalue weighted by atomic mass is 79.9. The average Bonchev–Trinajstić information content (AvgIpc) is 2.81. The third kappa shape index (κ3) is 2.74. The topological polar surface area (TPSA) is 12.5 Å². The number of halogens is 1. The van der Waals surface area contributed by atoms with Gasteiger partial charge in [-0.15, -0.1) is 0 Å². The summed E-state index contributed by atoms with van der Waals surface area (Å²) in [6.07, 6.45) is 1.93. The quantitative estimate of drug-likeness (QED) is 0.787. The smallest absolute Gasteiger partial charge is 0.0748 e. The molecule has 0 radical (unpaired) electrons. The molecule has 3 heteroatoms. The molecule has 1 aromatic carbocycles. The maximum absolute atomic E-state index is 6.11. The highest BCUT2D eigenvalue weighted by molar-refractivity contribution is 9.09. The molecule has 1 saturated carbocycles. The molecule has 3 rings (SSSR count). The molecule has 1 aliphatic carbocycles. The van der Waals surface area contributed by atoms with Crippen LogP contribution in [0.3, 0.4) is 0 Å². The van der Waals surface area contributed by atoms with E-state index in [0.29, 0.717) is 23.1 Å². The fraction of sp³-hybridized carbons (Fsp3) is 0.625. The number of piperidine rings is 1. The lowest BCUT2D eigenvalue weighted by atomic mass is 10.1. The number of fused-ring (bicyclic) bond motifs is 2. The molecule has 0 amide bonds. The van der Waals surface area contributed by atoms with Crippen LogP contribution in [0.1, 0.15) is 25.8 Å². The first-order chi connectivity index (χ1) is 9.15. The van der Waals surface area contributed by atoms with Crippen LogP contribution >= 0.6 is 15.9 Å². The van der Waals surface area contributed by atoms with Crippen LogP contribution in [0, 0.1) is 5.92 Å². The Morgan fingerprint density at radius 1 is 1.32 bits per heavy atom. The van der Waals surface area contributed by atoms with Gasteiger partial charge in [0.05, 0.1) is 12.2 Å². The molecule has 0 aromatic heterocycles. The molecule has 19 heavy (non-hydrogen) atoms. The summed E-state index contributed by atoms with van der Waals surface area (Å²) in [7, 11) is 0. The molecule has 104 valence electrons. The van der Waals surface area contributed by atoms with Crippen LogP contribution in [0.2, 0.25) is 0 Å². The van der Waals surface area contributed by atoms with Crippen LogP contribution in [0.5, 0.6) is 0 Å². The zero-order chi connectivity index (χ0) is 13.4. The third-order valence-corrected chi connectivity index (χ3v) is 5.55. The standard InChI is InChI=1S/C16H22BrNO/c1-11(2)19-14-8-13-10-18(16(14)15(13)17)9-12-6-4-3-5-7-12/h3-7,11,13-16H,8-10H2,1-2H3/t13-,14-,15+,16+/m0/s1. The van der Waals surface area contributed by atoms with E-state index in [1.807, 2.05) is 0 Å². The van der Waals surface area contributed by atoms with Gasteiger partial charge in [0, 0.05) is 24.0 Å². The summed E-state index contributed by atoms with van der Waals surface area (Å²) >= 11 is 3.89. The van der Waals surface area contributed by atoms with Crippen molar-refractivity contribution in [3.05, 3.63) is 35.9 Å². The van der Waals surface area contributed by atoms with Gasteiger partial charge in [-0.25, -0.2) is 0 Å². The van der Waals surface area contributed by atoms with Gasteiger partial charge >= 0.3 is 0 Å². The van der Waals surface area contributed by atoms with E-state index in [1.165, 1.54) is 18.5 Å². The summed E-state index contributed by atoms with van der Waals surface area (Å²) in [6.45, 7) is 6.52. The zero-order valence-corrected chi connectivity index (χ0v) is 13.2. The fourth-order valence-corrected chi connectivity index (χ4v) is 4.62. The molecule has 1 saturated heterocycles. The Balaban J connectivity index is 1.70. The van der Waals surface area contributed by atoms with Crippen LogP contribution < -0.4 is 0 Å². The molecular formula is C16H22BrNO. The van der Waals surface area contributed by atoms with E-state index in [4.69, 9.17) is 4.74 Å². The van der Waals surface area contributed by atoms with Crippen LogP contribution in [-0.2, 0) is 11.3 Å². The summed E-state index contributed by atoms with van der Waals surface area (Å²) in [6, 6.07) is 11.3. The van der Waals surface area contributed by atoms with Crippen molar-refractivity contribution in [2.24, 2.45) is 5.92 Å². The minimum atomic E-state index is 0.322. The highest BCUT2D eigenvalue weighted by Crippen LogP contribution is 2.44. The van der Waals surface area contributed by atoms with Gasteiger partial charge < -0.3 is 4.74 Å². The largest absolute Gasteiger partial charge is 0.374 e. The second-order valence-electron chi connectivity index (χ2n) is 6.07. The lowest BCUT2D eigenvalue weighted by Gasteiger charge is -2.34. The normalized spacial score (nSPS) is 34.3. The number of hydrogen-bond donors (Lipinski definition) is 0. The van der Waals surface area contributed by atoms with Crippen molar-refractivity contribution in [3.63, 3.8) is 0 Å². The van der Waals surface area contributed by atoms with Crippen LogP contribution in [0.15, 0.2) is 30.3 Å². The fourth-order valence-electron chi connectivity index (χ4n) is 3.56. The molecule has 0 N–H and O–H groups in total. The Kier molecular flexibility index (Phi) is 3.97. The molecule has 2 aliphatic rings. The predicted molar refractivity (Wildman–Crippen MR) is 81.5 cm³/mol. The van der Waals surface area contributed by atoms with Gasteiger partial charge in [-0.1, -0.05) is 46.3 Å². The monoisotopic (exact) mass is 323 g/mol. The first-order valence-corrected chi connectivity index (χ1v) is 8.14. The molecule has 2 fully saturated rings. The minimum absolute atomic E-state index is 0.322. The van der Waals surface area contributed by atoms with Crippen LogP contribution in [0.25, 0.3) is 0 Å². The highest BCUT2D eigenvalue weighted by Gasteiger charge is 2.52. The summed E-state index contributed by atoms with van der Waals surface area (Å²) in [5.41, 5.74) is 1.40. The lowest BCUT2D eigenvalue weighted by molar-refractivity contribution is -0.0433. The number of rotatable bonds is 4. The second-order valence-corrected chi connectivity index (χ2v) is 7.13. The summed E-state index contributed by atoms with van der Waals surface area (Å²) in [5, 5.41) is 0. The maximum atomic E-state index is 6.11. The minimum Gasteiger partial charge on any atom is -0.374 e. The van der Waals surface area contributed by atoms with Crippen molar-refractivity contribution in [1.82, 2.24) is 4.90 Å². The molecule has 1 aliphatic heterocycles. The number of likely N-dealkylation sites (tertiary alicyclic amines) is 1. The first kappa shape index (κ1) is 13.6. The Hall–Kier alpha value is -0.380. The van der Waals surface area contributed by atoms with E-state index in [1.54, 1.807) is 0 Å². The van der Waals surface area contributed by atoms with E-state index < -0.39 is 0 Å². The van der Waals surface area contributed by atoms with Crippen LogP contribution in [0.4, 0.5) is 0 Å². The van der Waals surface area contributed by atoms with Crippen molar-refractivity contribution >= 4 is 15.9 Å². The zero-order valence-electron chi connectivity index (χ0n) is 11.6. The van der Waals surface area contributed by atoms with Gasteiger partial charge in [-0.05, 0) is 31.7 Å². The van der Waals surface area contributed by atoms with E-state index in [0.717, 1.165) is 12.5 Å². The second kappa shape index (κ2) is 5.55. The SMILES string of the molecule is CC(C)O[C@H]1C[C@H]2CN(Cc3ccccc3)[C@H]1[C@@H]2Br. The van der Waals surface area contributed by atoms with Crippen molar-refractivity contribution in [2.45, 2.75) is 49.9 Å². The number of benzene rings is 1. The Bertz CT molecular complexity index is 420. The number of hydrogen-bond acceptors (Lipinski definition) is 2. The van der Waals surface area contributed by atoms with E-state index in [2.05, 4.69) is 65.0 Å². The van der Waals surface area contributed by atoms with Crippen molar-refractivity contribution < 1.29 is 4.74 Å². The Morgan fingerprint density at radius 2 is 2.05 bits per heavy atom. The molecule has 2 nitrogen and oxygen atoms in total. The molecule has 0 unspecified atom stereocenters. The third-order valence-electron chi connectivity index (χ3n) is 4.26. The number of nitrogens with zero attached hydrogens (tertiary/aromatic N) is 1. The van der Waals surface area contributed by atoms with Crippen LogP contribution in [-0.4, -0.2) is 34.5 Å². The van der Waals surface area contributed by atoms with Crippen molar-refractivity contribution in [3.8, 4) is 0 Å². The Labute approximate surface area is 124 Å². The molecule has 1 aromatic rings. The average molecular weight is 324 g/mol. The van der Waals surface area contributed by atoms with E-state index in [9.17, 15) is 0 Å². The number of ether oxygens (including phenoxy) is 1. The van der Waals surface area contributed by atoms with Gasteiger partial charge in [-0.3, -0.25) is 4.90 Å². The first-order valence-electron chi connectivity index (χ1n) is 7.22. The lowest BCUT2D eigenvalue weighted by Crippen LogP contribution is -2.44. The maximum Gasteiger partial charge on any atom is 0.0748 e. The van der Waals surface area contributed by atoms with Gasteiger partial charge in [0.1, 0.15) is 0 Å². The van der Waals surface area contributed by atoms with Gasteiger partial charge in [0.2, 0.25) is 0 Å². The van der Waals surface area contributed by atoms with Gasteiger partial charge in [0.25, 0.3) is 0 Å². The molecule has 0 spiro atoms. The summed E-state index contributed by atoms with van der Waals surface area (Å²) < 4.78 is 6.11. The van der Waals surface area contributed by atoms with Crippen molar-refractivity contribution in [1.29, 1.82) is 0 Å². The predicted octanol–water partition coefficient (Wildman–Crippen LogP) is 3.45. The van der Waals surface area contributed by atoms with Crippen molar-refractivity contribution in [2.75, 3.05) is 6.54 Å². The van der Waals surface area contributed by atoms with Gasteiger partial charge in [0.15, 0.2) is 0 Å². The molecule has 4 atom stereocenters. The summed E-state index contributed by atoms with van der Waals surface area (Å²) in [4.78, 5) is 3.19. The molecular weight excluding hydrogens is 302 g/mol.